The maximum atomic E-state index is 11.8. The molecule has 172 valence electrons. The average molecular weight is 513 g/mol. The molecule has 0 saturated carbocycles. The molecule has 2 aromatic carbocycles. The number of nitrogens with zero attached hydrogens (tertiary/aromatic N) is 3. The molecule has 0 saturated heterocycles. The molecule has 3 heterocycles. The number of fused-ring (bicyclic) bond motifs is 1. The smallest absolute Gasteiger partial charge is 0.262 e. The van der Waals surface area contributed by atoms with Crippen LogP contribution in [-0.2, 0) is 4.79 Å². The third kappa shape index (κ3) is 4.52. The number of hydrogen-bond donors (Lipinski definition) is 1. The molecule has 34 heavy (non-hydrogen) atoms. The summed E-state index contributed by atoms with van der Waals surface area (Å²) in [7, 11) is 0. The number of aromatic nitrogens is 1. The highest BCUT2D eigenvalue weighted by molar-refractivity contribution is 7.07. The van der Waals surface area contributed by atoms with Crippen LogP contribution in [0.1, 0.15) is 18.4 Å². The Kier molecular flexibility index (Phi) is 6.03. The lowest BCUT2D eigenvalue weighted by molar-refractivity contribution is -0.118. The first-order valence-corrected chi connectivity index (χ1v) is 11.9. The van der Waals surface area contributed by atoms with Gasteiger partial charge in [-0.05, 0) is 62.4 Å². The standard InChI is InChI=1S/C24H18Cl2N4O3S/c1-13-3-7-21(33-13)14(2)29-30-20(15-4-8-22-19(9-15)28-23(31)11-32-22)12-34-24(30)27-16-5-6-17(25)18(26)10-16/h3-10,12H,11H2,1-2H3,(H,28,31). The summed E-state index contributed by atoms with van der Waals surface area (Å²) in [5.41, 5.74) is 3.55. The largest absolute Gasteiger partial charge is 0.482 e. The van der Waals surface area contributed by atoms with E-state index in [9.17, 15) is 4.79 Å². The van der Waals surface area contributed by atoms with Crippen molar-refractivity contribution < 1.29 is 13.9 Å². The zero-order valence-electron chi connectivity index (χ0n) is 18.1. The van der Waals surface area contributed by atoms with E-state index in [0.717, 1.165) is 17.0 Å². The number of nitrogens with one attached hydrogen (secondary N) is 1. The number of halogens is 2. The molecule has 0 bridgehead atoms. The number of carbonyl (C=O) groups excluding carboxylic acids is 1. The first kappa shape index (κ1) is 22.5. The van der Waals surface area contributed by atoms with Gasteiger partial charge in [0.15, 0.2) is 6.61 Å². The van der Waals surface area contributed by atoms with Crippen molar-refractivity contribution in [2.45, 2.75) is 13.8 Å². The Labute approximate surface area is 208 Å². The minimum Gasteiger partial charge on any atom is -0.482 e. The van der Waals surface area contributed by atoms with E-state index in [0.29, 0.717) is 43.4 Å². The maximum Gasteiger partial charge on any atom is 0.262 e. The van der Waals surface area contributed by atoms with E-state index in [-0.39, 0.29) is 12.5 Å². The van der Waals surface area contributed by atoms with Crippen LogP contribution in [0.3, 0.4) is 0 Å². The van der Waals surface area contributed by atoms with E-state index in [2.05, 4.69) is 5.32 Å². The number of hydrogen-bond acceptors (Lipinski definition) is 6. The number of benzene rings is 2. The molecule has 0 aliphatic carbocycles. The van der Waals surface area contributed by atoms with Crippen molar-refractivity contribution in [3.05, 3.63) is 80.3 Å². The Morgan fingerprint density at radius 1 is 1.12 bits per heavy atom. The fourth-order valence-electron chi connectivity index (χ4n) is 3.41. The van der Waals surface area contributed by atoms with E-state index in [1.54, 1.807) is 22.9 Å². The number of carbonyl (C=O) groups is 1. The van der Waals surface area contributed by atoms with E-state index in [1.165, 1.54) is 11.3 Å². The van der Waals surface area contributed by atoms with Crippen molar-refractivity contribution in [3.63, 3.8) is 0 Å². The molecule has 5 rings (SSSR count). The molecule has 1 amide bonds. The molecule has 0 radical (unpaired) electrons. The highest BCUT2D eigenvalue weighted by atomic mass is 35.5. The molecule has 0 fully saturated rings. The van der Waals surface area contributed by atoms with Gasteiger partial charge < -0.3 is 14.5 Å². The molecule has 7 nitrogen and oxygen atoms in total. The molecule has 1 aliphatic rings. The quantitative estimate of drug-likeness (QED) is 0.327. The van der Waals surface area contributed by atoms with Crippen LogP contribution in [-0.4, -0.2) is 22.9 Å². The fourth-order valence-corrected chi connectivity index (χ4v) is 4.55. The molecular weight excluding hydrogens is 495 g/mol. The lowest BCUT2D eigenvalue weighted by atomic mass is 10.1. The van der Waals surface area contributed by atoms with Crippen LogP contribution < -0.4 is 14.9 Å². The van der Waals surface area contributed by atoms with Gasteiger partial charge in [-0.2, -0.15) is 5.10 Å². The van der Waals surface area contributed by atoms with Crippen molar-refractivity contribution in [3.8, 4) is 17.0 Å². The van der Waals surface area contributed by atoms with Gasteiger partial charge in [0.1, 0.15) is 23.0 Å². The van der Waals surface area contributed by atoms with Gasteiger partial charge in [0, 0.05) is 10.9 Å². The van der Waals surface area contributed by atoms with E-state index in [1.807, 2.05) is 49.6 Å². The zero-order chi connectivity index (χ0) is 23.8. The first-order valence-electron chi connectivity index (χ1n) is 10.3. The van der Waals surface area contributed by atoms with Crippen LogP contribution >= 0.6 is 34.5 Å². The van der Waals surface area contributed by atoms with Crippen LogP contribution in [0, 0.1) is 6.92 Å². The molecular formula is C24H18Cl2N4O3S. The Morgan fingerprint density at radius 2 is 1.97 bits per heavy atom. The van der Waals surface area contributed by atoms with E-state index in [4.69, 9.17) is 42.4 Å². The Bertz CT molecular complexity index is 1520. The Hall–Kier alpha value is -3.33. The SMILES string of the molecule is CC(=Nn1c(-c2ccc3c(c2)NC(=O)CO3)csc1=Nc1ccc(Cl)c(Cl)c1)c1ccc(C)o1. The Balaban J connectivity index is 1.67. The third-order valence-electron chi connectivity index (χ3n) is 5.07. The molecule has 2 aromatic heterocycles. The van der Waals surface area contributed by atoms with Crippen LogP contribution in [0.15, 0.2) is 68.4 Å². The van der Waals surface area contributed by atoms with Crippen molar-refractivity contribution in [2.24, 2.45) is 10.1 Å². The van der Waals surface area contributed by atoms with Crippen molar-refractivity contribution in [2.75, 3.05) is 11.9 Å². The predicted molar refractivity (Wildman–Crippen MR) is 135 cm³/mol. The summed E-state index contributed by atoms with van der Waals surface area (Å²) in [6.45, 7) is 3.76. The van der Waals surface area contributed by atoms with E-state index >= 15 is 0 Å². The summed E-state index contributed by atoms with van der Waals surface area (Å²) < 4.78 is 13.0. The number of amides is 1. The molecule has 1 aliphatic heterocycles. The second kappa shape index (κ2) is 9.13. The van der Waals surface area contributed by atoms with Gasteiger partial charge in [-0.25, -0.2) is 9.67 Å². The lowest BCUT2D eigenvalue weighted by Crippen LogP contribution is -2.25. The van der Waals surface area contributed by atoms with Crippen LogP contribution in [0.25, 0.3) is 11.3 Å². The van der Waals surface area contributed by atoms with Gasteiger partial charge in [0.2, 0.25) is 4.80 Å². The lowest BCUT2D eigenvalue weighted by Gasteiger charge is -2.18. The summed E-state index contributed by atoms with van der Waals surface area (Å²) in [5, 5.41) is 10.5. The van der Waals surface area contributed by atoms with Gasteiger partial charge in [0.25, 0.3) is 5.91 Å². The van der Waals surface area contributed by atoms with Gasteiger partial charge >= 0.3 is 0 Å². The number of anilines is 1. The number of furan rings is 1. The summed E-state index contributed by atoms with van der Waals surface area (Å²) in [6, 6.07) is 14.6. The van der Waals surface area contributed by atoms with Gasteiger partial charge in [-0.3, -0.25) is 4.79 Å². The maximum absolute atomic E-state index is 11.8. The topological polar surface area (TPSA) is 81.1 Å². The van der Waals surface area contributed by atoms with Crippen molar-refractivity contribution in [1.29, 1.82) is 0 Å². The number of thiazole rings is 1. The zero-order valence-corrected chi connectivity index (χ0v) is 20.5. The van der Waals surface area contributed by atoms with Crippen molar-refractivity contribution >= 4 is 57.5 Å². The van der Waals surface area contributed by atoms with Gasteiger partial charge in [-0.15, -0.1) is 11.3 Å². The molecule has 0 spiro atoms. The highest BCUT2D eigenvalue weighted by Crippen LogP contribution is 2.33. The van der Waals surface area contributed by atoms with E-state index < -0.39 is 0 Å². The molecule has 0 unspecified atom stereocenters. The van der Waals surface area contributed by atoms with Crippen LogP contribution in [0.4, 0.5) is 11.4 Å². The molecule has 4 aromatic rings. The number of ether oxygens (including phenoxy) is 1. The summed E-state index contributed by atoms with van der Waals surface area (Å²) in [4.78, 5) is 17.2. The monoisotopic (exact) mass is 512 g/mol. The second-order valence-electron chi connectivity index (χ2n) is 7.57. The molecule has 10 heteroatoms. The molecule has 1 N–H and O–H groups in total. The van der Waals surface area contributed by atoms with Gasteiger partial charge in [-0.1, -0.05) is 23.2 Å². The predicted octanol–water partition coefficient (Wildman–Crippen LogP) is 6.26. The minimum atomic E-state index is -0.194. The minimum absolute atomic E-state index is 0.00350. The van der Waals surface area contributed by atoms with Crippen LogP contribution in [0.5, 0.6) is 5.75 Å². The summed E-state index contributed by atoms with van der Waals surface area (Å²) in [5.74, 6) is 1.89. The second-order valence-corrected chi connectivity index (χ2v) is 9.22. The summed E-state index contributed by atoms with van der Waals surface area (Å²) >= 11 is 13.7. The number of aryl methyl sites for hydroxylation is 1. The van der Waals surface area contributed by atoms with Crippen LogP contribution in [0.2, 0.25) is 10.0 Å². The first-order chi connectivity index (χ1) is 16.4. The molecule has 0 atom stereocenters. The number of rotatable bonds is 4. The Morgan fingerprint density at radius 3 is 2.74 bits per heavy atom. The fraction of sp³-hybridized carbons (Fsp3) is 0.125. The highest BCUT2D eigenvalue weighted by Gasteiger charge is 2.18. The summed E-state index contributed by atoms with van der Waals surface area (Å²) in [6.07, 6.45) is 0. The normalized spacial score (nSPS) is 14.1. The van der Waals surface area contributed by atoms with Gasteiger partial charge in [0.05, 0.1) is 27.1 Å². The average Bonchev–Trinajstić information content (AvgIpc) is 3.42. The van der Waals surface area contributed by atoms with Crippen molar-refractivity contribution in [1.82, 2.24) is 4.68 Å². The third-order valence-corrected chi connectivity index (χ3v) is 6.62.